The van der Waals surface area contributed by atoms with Crippen molar-refractivity contribution in [3.8, 4) is 6.07 Å². The summed E-state index contributed by atoms with van der Waals surface area (Å²) in [5.41, 5.74) is 0.190. The largest absolute Gasteiger partial charge is 0.478 e. The number of ether oxygens (including phenoxy) is 1. The standard InChI is InChI=1S/C11H11N3O3/c12-6-9-7-14(3-4-17-9)10-5-8(11(15)16)1-2-13-10/h1-2,5,9H,3-4,7H2,(H,15,16). The predicted octanol–water partition coefficient (Wildman–Crippen LogP) is 0.509. The van der Waals surface area contributed by atoms with E-state index in [1.54, 1.807) is 0 Å². The molecule has 1 aliphatic heterocycles. The van der Waals surface area contributed by atoms with Crippen molar-refractivity contribution < 1.29 is 14.6 Å². The first-order valence-corrected chi connectivity index (χ1v) is 5.16. The molecule has 1 aliphatic rings. The number of hydrogen-bond donors (Lipinski definition) is 1. The zero-order valence-electron chi connectivity index (χ0n) is 9.04. The number of carboxylic acid groups (broad SMARTS) is 1. The molecule has 1 unspecified atom stereocenters. The second-order valence-corrected chi connectivity index (χ2v) is 3.64. The number of nitrogens with zero attached hydrogens (tertiary/aromatic N) is 3. The first-order valence-electron chi connectivity index (χ1n) is 5.16. The number of anilines is 1. The van der Waals surface area contributed by atoms with E-state index in [4.69, 9.17) is 15.1 Å². The molecule has 0 spiro atoms. The van der Waals surface area contributed by atoms with Gasteiger partial charge in [-0.25, -0.2) is 9.78 Å². The lowest BCUT2D eigenvalue weighted by molar-refractivity contribution is 0.0696. The minimum atomic E-state index is -0.987. The summed E-state index contributed by atoms with van der Waals surface area (Å²) in [7, 11) is 0. The highest BCUT2D eigenvalue weighted by molar-refractivity contribution is 5.88. The average Bonchev–Trinajstić information content (AvgIpc) is 2.39. The predicted molar refractivity (Wildman–Crippen MR) is 58.8 cm³/mol. The third-order valence-corrected chi connectivity index (χ3v) is 2.53. The van der Waals surface area contributed by atoms with Crippen molar-refractivity contribution in [2.24, 2.45) is 0 Å². The summed E-state index contributed by atoms with van der Waals surface area (Å²) in [5.74, 6) is -0.424. The topological polar surface area (TPSA) is 86.5 Å². The molecule has 0 radical (unpaired) electrons. The summed E-state index contributed by atoms with van der Waals surface area (Å²) in [6, 6.07) is 4.97. The van der Waals surface area contributed by atoms with Crippen molar-refractivity contribution in [2.45, 2.75) is 6.10 Å². The number of hydrogen-bond acceptors (Lipinski definition) is 5. The van der Waals surface area contributed by atoms with E-state index >= 15 is 0 Å². The summed E-state index contributed by atoms with van der Waals surface area (Å²) in [6.45, 7) is 1.46. The third kappa shape index (κ3) is 2.52. The van der Waals surface area contributed by atoms with Crippen LogP contribution in [0.5, 0.6) is 0 Å². The first-order chi connectivity index (χ1) is 8.20. The maximum atomic E-state index is 10.8. The molecule has 0 saturated carbocycles. The van der Waals surface area contributed by atoms with Crippen molar-refractivity contribution in [3.63, 3.8) is 0 Å². The van der Waals surface area contributed by atoms with Gasteiger partial charge in [-0.15, -0.1) is 0 Å². The molecular weight excluding hydrogens is 222 g/mol. The van der Waals surface area contributed by atoms with Crippen LogP contribution >= 0.6 is 0 Å². The number of pyridine rings is 1. The Morgan fingerprint density at radius 2 is 2.53 bits per heavy atom. The number of morpholine rings is 1. The van der Waals surface area contributed by atoms with Gasteiger partial charge in [-0.3, -0.25) is 0 Å². The van der Waals surface area contributed by atoms with Gasteiger partial charge in [0, 0.05) is 12.7 Å². The van der Waals surface area contributed by atoms with Gasteiger partial charge in [0.2, 0.25) is 0 Å². The third-order valence-electron chi connectivity index (χ3n) is 2.53. The molecule has 0 amide bonds. The lowest BCUT2D eigenvalue weighted by Gasteiger charge is -2.30. The van der Waals surface area contributed by atoms with Gasteiger partial charge < -0.3 is 14.7 Å². The molecule has 1 fully saturated rings. The van der Waals surface area contributed by atoms with E-state index in [0.717, 1.165) is 0 Å². The first kappa shape index (κ1) is 11.4. The summed E-state index contributed by atoms with van der Waals surface area (Å²) in [4.78, 5) is 16.8. The molecule has 1 saturated heterocycles. The Bertz CT molecular complexity index is 469. The van der Waals surface area contributed by atoms with E-state index in [1.807, 2.05) is 11.0 Å². The molecular formula is C11H11N3O3. The van der Waals surface area contributed by atoms with Gasteiger partial charge in [-0.05, 0) is 12.1 Å². The molecule has 2 rings (SSSR count). The fourth-order valence-corrected chi connectivity index (χ4v) is 1.66. The van der Waals surface area contributed by atoms with Crippen LogP contribution in [0.4, 0.5) is 5.82 Å². The van der Waals surface area contributed by atoms with Crippen molar-refractivity contribution in [2.75, 3.05) is 24.6 Å². The summed E-state index contributed by atoms with van der Waals surface area (Å²) < 4.78 is 5.21. The van der Waals surface area contributed by atoms with Gasteiger partial charge in [0.1, 0.15) is 5.82 Å². The van der Waals surface area contributed by atoms with Crippen molar-refractivity contribution in [1.82, 2.24) is 4.98 Å². The van der Waals surface area contributed by atoms with Crippen molar-refractivity contribution >= 4 is 11.8 Å². The van der Waals surface area contributed by atoms with Crippen LogP contribution < -0.4 is 4.90 Å². The van der Waals surface area contributed by atoms with Crippen LogP contribution in [0.1, 0.15) is 10.4 Å². The van der Waals surface area contributed by atoms with Crippen LogP contribution in [0.15, 0.2) is 18.3 Å². The maximum absolute atomic E-state index is 10.8. The van der Waals surface area contributed by atoms with Crippen LogP contribution in [0.3, 0.4) is 0 Å². The van der Waals surface area contributed by atoms with Crippen molar-refractivity contribution in [1.29, 1.82) is 5.26 Å². The van der Waals surface area contributed by atoms with Crippen LogP contribution in [0.2, 0.25) is 0 Å². The van der Waals surface area contributed by atoms with Crippen LogP contribution in [-0.4, -0.2) is 41.9 Å². The smallest absolute Gasteiger partial charge is 0.335 e. The van der Waals surface area contributed by atoms with Gasteiger partial charge in [0.25, 0.3) is 0 Å². The highest BCUT2D eigenvalue weighted by atomic mass is 16.5. The molecule has 1 aromatic heterocycles. The van der Waals surface area contributed by atoms with Crippen LogP contribution in [-0.2, 0) is 4.74 Å². The molecule has 17 heavy (non-hydrogen) atoms. The minimum Gasteiger partial charge on any atom is -0.478 e. The summed E-state index contributed by atoms with van der Waals surface area (Å²) in [6.07, 6.45) is 0.967. The molecule has 0 bridgehead atoms. The minimum absolute atomic E-state index is 0.190. The second-order valence-electron chi connectivity index (χ2n) is 3.64. The van der Waals surface area contributed by atoms with Gasteiger partial charge >= 0.3 is 5.97 Å². The summed E-state index contributed by atoms with van der Waals surface area (Å²) in [5, 5.41) is 17.7. The normalized spacial score (nSPS) is 19.7. The number of carboxylic acids is 1. The Kier molecular flexibility index (Phi) is 3.21. The second kappa shape index (κ2) is 4.80. The highest BCUT2D eigenvalue weighted by Gasteiger charge is 2.21. The molecule has 1 atom stereocenters. The quantitative estimate of drug-likeness (QED) is 0.800. The molecule has 88 valence electrons. The number of aromatic nitrogens is 1. The average molecular weight is 233 g/mol. The summed E-state index contributed by atoms with van der Waals surface area (Å²) >= 11 is 0. The Labute approximate surface area is 98.1 Å². The maximum Gasteiger partial charge on any atom is 0.335 e. The number of aromatic carboxylic acids is 1. The number of nitriles is 1. The SMILES string of the molecule is N#CC1CN(c2cc(C(=O)O)ccn2)CCO1. The Morgan fingerprint density at radius 3 is 3.24 bits per heavy atom. The van der Waals surface area contributed by atoms with E-state index < -0.39 is 12.1 Å². The van der Waals surface area contributed by atoms with E-state index in [9.17, 15) is 4.79 Å². The van der Waals surface area contributed by atoms with Crippen molar-refractivity contribution in [3.05, 3.63) is 23.9 Å². The molecule has 0 aliphatic carbocycles. The van der Waals surface area contributed by atoms with Crippen LogP contribution in [0.25, 0.3) is 0 Å². The Hall–Kier alpha value is -2.13. The fraction of sp³-hybridized carbons (Fsp3) is 0.364. The molecule has 2 heterocycles. The van der Waals surface area contributed by atoms with Gasteiger partial charge in [0.05, 0.1) is 24.8 Å². The van der Waals surface area contributed by atoms with E-state index in [-0.39, 0.29) is 5.56 Å². The van der Waals surface area contributed by atoms with Gasteiger partial charge in [0.15, 0.2) is 6.10 Å². The molecule has 0 aromatic carbocycles. The van der Waals surface area contributed by atoms with Gasteiger partial charge in [-0.2, -0.15) is 5.26 Å². The molecule has 1 aromatic rings. The Balaban J connectivity index is 2.19. The molecule has 6 nitrogen and oxygen atoms in total. The van der Waals surface area contributed by atoms with E-state index in [0.29, 0.717) is 25.5 Å². The highest BCUT2D eigenvalue weighted by Crippen LogP contribution is 2.16. The lowest BCUT2D eigenvalue weighted by Crippen LogP contribution is -2.42. The zero-order valence-corrected chi connectivity index (χ0v) is 9.04. The lowest BCUT2D eigenvalue weighted by atomic mass is 10.2. The van der Waals surface area contributed by atoms with Gasteiger partial charge in [-0.1, -0.05) is 0 Å². The number of carbonyl (C=O) groups is 1. The van der Waals surface area contributed by atoms with E-state index in [1.165, 1.54) is 18.3 Å². The monoisotopic (exact) mass is 233 g/mol. The molecule has 1 N–H and O–H groups in total. The van der Waals surface area contributed by atoms with E-state index in [2.05, 4.69) is 4.98 Å². The number of rotatable bonds is 2. The Morgan fingerprint density at radius 1 is 1.71 bits per heavy atom. The zero-order chi connectivity index (χ0) is 12.3. The van der Waals surface area contributed by atoms with Crippen LogP contribution in [0, 0.1) is 11.3 Å². The molecule has 6 heteroatoms. The fourth-order valence-electron chi connectivity index (χ4n) is 1.66.